The third kappa shape index (κ3) is 3.47. The molecule has 0 aliphatic heterocycles. The van der Waals surface area contributed by atoms with Crippen LogP contribution in [0.5, 0.6) is 0 Å². The van der Waals surface area contributed by atoms with Crippen molar-refractivity contribution in [2.24, 2.45) is 5.73 Å². The number of ether oxygens (including phenoxy) is 1. The van der Waals surface area contributed by atoms with Gasteiger partial charge in [-0.3, -0.25) is 4.79 Å². The van der Waals surface area contributed by atoms with E-state index in [-0.39, 0.29) is 12.5 Å². The van der Waals surface area contributed by atoms with Crippen LogP contribution in [-0.2, 0) is 9.53 Å². The van der Waals surface area contributed by atoms with Crippen LogP contribution in [0.3, 0.4) is 0 Å². The van der Waals surface area contributed by atoms with E-state index in [0.29, 0.717) is 10.8 Å². The fourth-order valence-electron chi connectivity index (χ4n) is 0.942. The van der Waals surface area contributed by atoms with Crippen LogP contribution >= 0.6 is 11.6 Å². The Morgan fingerprint density at radius 3 is 3.13 bits per heavy atom. The second-order valence-corrected chi connectivity index (χ2v) is 3.29. The van der Waals surface area contributed by atoms with Crippen LogP contribution < -0.4 is 11.1 Å². The SMILES string of the molecule is COCC(N)C(=O)Nc1ncccc1Cl. The molecule has 3 N–H and O–H groups in total. The van der Waals surface area contributed by atoms with Gasteiger partial charge in [0, 0.05) is 13.3 Å². The molecule has 6 heteroatoms. The number of anilines is 1. The Balaban J connectivity index is 2.62. The van der Waals surface area contributed by atoms with E-state index in [2.05, 4.69) is 10.3 Å². The van der Waals surface area contributed by atoms with Crippen LogP contribution in [0.1, 0.15) is 0 Å². The Bertz CT molecular complexity index is 346. The van der Waals surface area contributed by atoms with Crippen molar-refractivity contribution in [3.8, 4) is 0 Å². The Morgan fingerprint density at radius 2 is 2.53 bits per heavy atom. The highest BCUT2D eigenvalue weighted by atomic mass is 35.5. The summed E-state index contributed by atoms with van der Waals surface area (Å²) in [6, 6.07) is 2.58. The molecule has 1 amide bonds. The summed E-state index contributed by atoms with van der Waals surface area (Å²) in [6.07, 6.45) is 1.53. The van der Waals surface area contributed by atoms with Crippen LogP contribution in [0.2, 0.25) is 5.02 Å². The van der Waals surface area contributed by atoms with Crippen molar-refractivity contribution in [1.82, 2.24) is 4.98 Å². The zero-order valence-corrected chi connectivity index (χ0v) is 8.99. The van der Waals surface area contributed by atoms with Crippen molar-refractivity contribution >= 4 is 23.3 Å². The van der Waals surface area contributed by atoms with Crippen LogP contribution in [0.15, 0.2) is 18.3 Å². The maximum atomic E-state index is 11.4. The first-order valence-corrected chi connectivity index (χ1v) is 4.69. The lowest BCUT2D eigenvalue weighted by Gasteiger charge is -2.11. The van der Waals surface area contributed by atoms with Crippen LogP contribution in [0.4, 0.5) is 5.82 Å². The average molecular weight is 230 g/mol. The van der Waals surface area contributed by atoms with Gasteiger partial charge in [-0.05, 0) is 12.1 Å². The zero-order valence-electron chi connectivity index (χ0n) is 8.24. The highest BCUT2D eigenvalue weighted by Crippen LogP contribution is 2.17. The summed E-state index contributed by atoms with van der Waals surface area (Å²) in [6.45, 7) is 0.149. The minimum absolute atomic E-state index is 0.149. The third-order valence-corrected chi connectivity index (χ3v) is 1.99. The van der Waals surface area contributed by atoms with E-state index in [1.54, 1.807) is 12.1 Å². The summed E-state index contributed by atoms with van der Waals surface area (Å²) in [5, 5.41) is 2.88. The minimum Gasteiger partial charge on any atom is -0.383 e. The highest BCUT2D eigenvalue weighted by molar-refractivity contribution is 6.33. The molecule has 0 radical (unpaired) electrons. The largest absolute Gasteiger partial charge is 0.383 e. The summed E-state index contributed by atoms with van der Waals surface area (Å²) >= 11 is 5.80. The molecule has 1 rings (SSSR count). The smallest absolute Gasteiger partial charge is 0.244 e. The zero-order chi connectivity index (χ0) is 11.3. The van der Waals surface area contributed by atoms with Crippen molar-refractivity contribution in [3.63, 3.8) is 0 Å². The molecule has 0 saturated carbocycles. The monoisotopic (exact) mass is 229 g/mol. The number of rotatable bonds is 4. The molecule has 0 spiro atoms. The van der Waals surface area contributed by atoms with Gasteiger partial charge in [0.25, 0.3) is 0 Å². The summed E-state index contributed by atoms with van der Waals surface area (Å²) in [4.78, 5) is 15.3. The molecule has 82 valence electrons. The molecule has 0 aliphatic rings. The molecule has 0 bridgehead atoms. The standard InChI is InChI=1S/C9H12ClN3O2/c1-15-5-7(11)9(14)13-8-6(10)3-2-4-12-8/h2-4,7H,5,11H2,1H3,(H,12,13,14). The number of nitrogens with one attached hydrogen (secondary N) is 1. The first kappa shape index (κ1) is 11.9. The second-order valence-electron chi connectivity index (χ2n) is 2.88. The lowest BCUT2D eigenvalue weighted by Crippen LogP contribution is -2.39. The fraction of sp³-hybridized carbons (Fsp3) is 0.333. The maximum Gasteiger partial charge on any atom is 0.244 e. The van der Waals surface area contributed by atoms with Crippen LogP contribution in [0, 0.1) is 0 Å². The number of halogens is 1. The van der Waals surface area contributed by atoms with Gasteiger partial charge in [-0.15, -0.1) is 0 Å². The number of pyridine rings is 1. The Hall–Kier alpha value is -1.17. The second kappa shape index (κ2) is 5.65. The molecular formula is C9H12ClN3O2. The Labute approximate surface area is 92.6 Å². The highest BCUT2D eigenvalue weighted by Gasteiger charge is 2.14. The van der Waals surface area contributed by atoms with Crippen LogP contribution in [0.25, 0.3) is 0 Å². The molecule has 0 saturated heterocycles. The summed E-state index contributed by atoms with van der Waals surface area (Å²) < 4.78 is 4.75. The van der Waals surface area contributed by atoms with E-state index in [1.165, 1.54) is 13.3 Å². The van der Waals surface area contributed by atoms with Gasteiger partial charge in [0.1, 0.15) is 6.04 Å². The van der Waals surface area contributed by atoms with Crippen molar-refractivity contribution in [3.05, 3.63) is 23.4 Å². The Morgan fingerprint density at radius 1 is 1.80 bits per heavy atom. The number of methoxy groups -OCH3 is 1. The Kier molecular flexibility index (Phi) is 4.48. The molecule has 1 heterocycles. The topological polar surface area (TPSA) is 77.2 Å². The van der Waals surface area contributed by atoms with Gasteiger partial charge in [-0.1, -0.05) is 11.6 Å². The van der Waals surface area contributed by atoms with Crippen molar-refractivity contribution in [2.75, 3.05) is 19.0 Å². The number of nitrogens with two attached hydrogens (primary N) is 1. The predicted octanol–water partition coefficient (Wildman–Crippen LogP) is 0.647. The number of amides is 1. The number of hydrogen-bond acceptors (Lipinski definition) is 4. The minimum atomic E-state index is -0.729. The molecule has 15 heavy (non-hydrogen) atoms. The third-order valence-electron chi connectivity index (χ3n) is 1.68. The number of carbonyl (C=O) groups excluding carboxylic acids is 1. The van der Waals surface area contributed by atoms with Crippen molar-refractivity contribution in [2.45, 2.75) is 6.04 Å². The van der Waals surface area contributed by atoms with E-state index in [1.807, 2.05) is 0 Å². The van der Waals surface area contributed by atoms with Crippen molar-refractivity contribution < 1.29 is 9.53 Å². The lowest BCUT2D eigenvalue weighted by atomic mass is 10.3. The van der Waals surface area contributed by atoms with Gasteiger partial charge >= 0.3 is 0 Å². The molecule has 0 aliphatic carbocycles. The molecule has 1 aromatic heterocycles. The van der Waals surface area contributed by atoms with E-state index in [0.717, 1.165) is 0 Å². The first-order chi connectivity index (χ1) is 7.15. The summed E-state index contributed by atoms with van der Waals surface area (Å²) in [5.74, 6) is -0.0758. The molecule has 0 fully saturated rings. The van der Waals surface area contributed by atoms with Gasteiger partial charge in [0.05, 0.1) is 11.6 Å². The molecular weight excluding hydrogens is 218 g/mol. The molecule has 1 aromatic rings. The predicted molar refractivity (Wildman–Crippen MR) is 57.7 cm³/mol. The van der Waals surface area contributed by atoms with E-state index in [9.17, 15) is 4.79 Å². The quantitative estimate of drug-likeness (QED) is 0.795. The van der Waals surface area contributed by atoms with Gasteiger partial charge in [0.15, 0.2) is 5.82 Å². The average Bonchev–Trinajstić information content (AvgIpc) is 2.21. The summed E-state index contributed by atoms with van der Waals surface area (Å²) in [5.41, 5.74) is 5.52. The van der Waals surface area contributed by atoms with Gasteiger partial charge in [-0.2, -0.15) is 0 Å². The number of carbonyl (C=O) groups is 1. The fourth-order valence-corrected chi connectivity index (χ4v) is 1.11. The number of nitrogens with zero attached hydrogens (tertiary/aromatic N) is 1. The number of aromatic nitrogens is 1. The van der Waals surface area contributed by atoms with E-state index >= 15 is 0 Å². The maximum absolute atomic E-state index is 11.4. The normalized spacial score (nSPS) is 12.2. The molecule has 5 nitrogen and oxygen atoms in total. The first-order valence-electron chi connectivity index (χ1n) is 4.31. The summed E-state index contributed by atoms with van der Waals surface area (Å²) in [7, 11) is 1.47. The lowest BCUT2D eigenvalue weighted by molar-refractivity contribution is -0.118. The van der Waals surface area contributed by atoms with Gasteiger partial charge in [0.2, 0.25) is 5.91 Å². The van der Waals surface area contributed by atoms with Gasteiger partial charge in [-0.25, -0.2) is 4.98 Å². The molecule has 0 aromatic carbocycles. The number of hydrogen-bond donors (Lipinski definition) is 2. The van der Waals surface area contributed by atoms with Crippen molar-refractivity contribution in [1.29, 1.82) is 0 Å². The molecule has 1 unspecified atom stereocenters. The van der Waals surface area contributed by atoms with Crippen LogP contribution in [-0.4, -0.2) is 30.6 Å². The van der Waals surface area contributed by atoms with E-state index < -0.39 is 6.04 Å². The molecule has 1 atom stereocenters. The van der Waals surface area contributed by atoms with Gasteiger partial charge < -0.3 is 15.8 Å². The van der Waals surface area contributed by atoms with E-state index in [4.69, 9.17) is 22.1 Å².